The predicted octanol–water partition coefficient (Wildman–Crippen LogP) is 4.54. The van der Waals surface area contributed by atoms with Crippen LogP contribution < -0.4 is 10.1 Å². The molecule has 0 unspecified atom stereocenters. The molecule has 0 aliphatic rings. The molecule has 2 aromatic heterocycles. The number of aryl methyl sites for hydroxylation is 1. The molecule has 0 aliphatic carbocycles. The minimum atomic E-state index is -0.472. The number of thiazole rings is 1. The highest BCUT2D eigenvalue weighted by atomic mass is 32.1. The molecule has 1 N–H and O–H groups in total. The summed E-state index contributed by atoms with van der Waals surface area (Å²) < 4.78 is 10.2. The molecule has 1 aromatic carbocycles. The number of anilines is 1. The fourth-order valence-corrected chi connectivity index (χ4v) is 4.43. The summed E-state index contributed by atoms with van der Waals surface area (Å²) in [7, 11) is 2.91. The molecule has 0 atom stereocenters. The number of methoxy groups -OCH3 is 2. The number of amides is 1. The van der Waals surface area contributed by atoms with Gasteiger partial charge in [0.15, 0.2) is 0 Å². The summed E-state index contributed by atoms with van der Waals surface area (Å²) in [6.07, 6.45) is 0. The Labute approximate surface area is 164 Å². The van der Waals surface area contributed by atoms with Crippen LogP contribution in [0.1, 0.15) is 31.3 Å². The zero-order valence-electron chi connectivity index (χ0n) is 15.3. The summed E-state index contributed by atoms with van der Waals surface area (Å²) in [6.45, 7) is 3.72. The molecule has 0 radical (unpaired) electrons. The summed E-state index contributed by atoms with van der Waals surface area (Å²) in [4.78, 5) is 30.1. The average Bonchev–Trinajstić information content (AvgIpc) is 3.27. The van der Waals surface area contributed by atoms with Gasteiger partial charge in [0.1, 0.15) is 21.5 Å². The van der Waals surface area contributed by atoms with Gasteiger partial charge in [-0.3, -0.25) is 4.79 Å². The van der Waals surface area contributed by atoms with Crippen molar-refractivity contribution in [3.63, 3.8) is 0 Å². The van der Waals surface area contributed by atoms with E-state index in [1.54, 1.807) is 12.5 Å². The Hall–Kier alpha value is -2.71. The van der Waals surface area contributed by atoms with Gasteiger partial charge in [0.2, 0.25) is 0 Å². The lowest BCUT2D eigenvalue weighted by Gasteiger charge is -2.05. The van der Waals surface area contributed by atoms with Crippen molar-refractivity contribution in [3.05, 3.63) is 51.3 Å². The molecule has 6 nitrogen and oxygen atoms in total. The van der Waals surface area contributed by atoms with Crippen LogP contribution in [0.3, 0.4) is 0 Å². The number of carbonyl (C=O) groups excluding carboxylic acids is 2. The minimum Gasteiger partial charge on any atom is -0.496 e. The quantitative estimate of drug-likeness (QED) is 0.634. The highest BCUT2D eigenvalue weighted by Gasteiger charge is 2.23. The lowest BCUT2D eigenvalue weighted by molar-refractivity contribution is 0.0601. The van der Waals surface area contributed by atoms with Gasteiger partial charge in [-0.15, -0.1) is 22.7 Å². The molecule has 3 aromatic rings. The van der Waals surface area contributed by atoms with Crippen LogP contribution in [0.4, 0.5) is 5.00 Å². The van der Waals surface area contributed by atoms with Crippen molar-refractivity contribution in [1.29, 1.82) is 0 Å². The Kier molecular flexibility index (Phi) is 5.57. The lowest BCUT2D eigenvalue weighted by atomic mass is 10.1. The molecule has 8 heteroatoms. The zero-order chi connectivity index (χ0) is 19.6. The molecule has 0 aliphatic heterocycles. The third kappa shape index (κ3) is 3.72. The van der Waals surface area contributed by atoms with Crippen molar-refractivity contribution in [3.8, 4) is 16.3 Å². The Morgan fingerprint density at radius 3 is 2.59 bits per heavy atom. The highest BCUT2D eigenvalue weighted by Crippen LogP contribution is 2.34. The number of nitrogens with zero attached hydrogens (tertiary/aromatic N) is 1. The monoisotopic (exact) mass is 402 g/mol. The van der Waals surface area contributed by atoms with E-state index in [2.05, 4.69) is 10.3 Å². The topological polar surface area (TPSA) is 77.5 Å². The van der Waals surface area contributed by atoms with Crippen molar-refractivity contribution in [1.82, 2.24) is 4.98 Å². The molecular formula is C19H18N2O4S2. The van der Waals surface area contributed by atoms with Gasteiger partial charge in [0.25, 0.3) is 5.91 Å². The average molecular weight is 402 g/mol. The number of benzene rings is 1. The minimum absolute atomic E-state index is 0.278. The highest BCUT2D eigenvalue weighted by molar-refractivity contribution is 7.17. The van der Waals surface area contributed by atoms with Gasteiger partial charge in [0.05, 0.1) is 25.3 Å². The van der Waals surface area contributed by atoms with Gasteiger partial charge in [-0.25, -0.2) is 9.78 Å². The molecule has 0 bridgehead atoms. The van der Waals surface area contributed by atoms with Gasteiger partial charge >= 0.3 is 5.97 Å². The van der Waals surface area contributed by atoms with Crippen molar-refractivity contribution >= 4 is 39.6 Å². The Bertz CT molecular complexity index is 1010. The van der Waals surface area contributed by atoms with E-state index in [-0.39, 0.29) is 11.6 Å². The number of carbonyl (C=O) groups is 2. The van der Waals surface area contributed by atoms with Gasteiger partial charge in [-0.2, -0.15) is 0 Å². The molecule has 0 spiro atoms. The van der Waals surface area contributed by atoms with Crippen LogP contribution in [-0.4, -0.2) is 31.1 Å². The number of ether oxygens (including phenoxy) is 2. The first kappa shape index (κ1) is 19.1. The Morgan fingerprint density at radius 2 is 1.89 bits per heavy atom. The summed E-state index contributed by atoms with van der Waals surface area (Å²) in [5.74, 6) is -0.157. The maximum atomic E-state index is 12.7. The number of esters is 1. The second-order valence-electron chi connectivity index (χ2n) is 5.67. The van der Waals surface area contributed by atoms with E-state index in [0.29, 0.717) is 21.3 Å². The molecule has 0 saturated heterocycles. The summed E-state index contributed by atoms with van der Waals surface area (Å²) in [6, 6.07) is 7.50. The molecule has 0 saturated carbocycles. The second kappa shape index (κ2) is 7.89. The van der Waals surface area contributed by atoms with E-state index in [4.69, 9.17) is 9.47 Å². The predicted molar refractivity (Wildman–Crippen MR) is 107 cm³/mol. The standard InChI is InChI=1S/C19H18N2O4S2/c1-10-11(2)27-18(15(10)19(23)25-4)21-16(22)13-9-26-17(20-13)12-7-5-6-8-14(12)24-3/h5-9H,1-4H3,(H,21,22). The van der Waals surface area contributed by atoms with Crippen molar-refractivity contribution in [2.24, 2.45) is 0 Å². The molecular weight excluding hydrogens is 384 g/mol. The number of thiophene rings is 1. The van der Waals surface area contributed by atoms with E-state index < -0.39 is 5.97 Å². The van der Waals surface area contributed by atoms with E-state index in [1.165, 1.54) is 29.8 Å². The van der Waals surface area contributed by atoms with Crippen molar-refractivity contribution in [2.45, 2.75) is 13.8 Å². The lowest BCUT2D eigenvalue weighted by Crippen LogP contribution is -2.14. The van der Waals surface area contributed by atoms with Crippen molar-refractivity contribution < 1.29 is 19.1 Å². The number of nitrogens with one attached hydrogen (secondary N) is 1. The fourth-order valence-electron chi connectivity index (χ4n) is 2.55. The van der Waals surface area contributed by atoms with Crippen LogP contribution in [0.2, 0.25) is 0 Å². The molecule has 27 heavy (non-hydrogen) atoms. The molecule has 0 fully saturated rings. The van der Waals surface area contributed by atoms with E-state index in [0.717, 1.165) is 16.0 Å². The zero-order valence-corrected chi connectivity index (χ0v) is 16.9. The van der Waals surface area contributed by atoms with Crippen molar-refractivity contribution in [2.75, 3.05) is 19.5 Å². The van der Waals surface area contributed by atoms with Gasteiger partial charge in [0, 0.05) is 10.3 Å². The number of hydrogen-bond acceptors (Lipinski definition) is 7. The van der Waals surface area contributed by atoms with Gasteiger partial charge in [-0.05, 0) is 31.5 Å². The maximum Gasteiger partial charge on any atom is 0.341 e. The molecule has 2 heterocycles. The van der Waals surface area contributed by atoms with E-state index >= 15 is 0 Å². The van der Waals surface area contributed by atoms with Gasteiger partial charge < -0.3 is 14.8 Å². The maximum absolute atomic E-state index is 12.7. The van der Waals surface area contributed by atoms with E-state index in [1.807, 2.05) is 38.1 Å². The smallest absolute Gasteiger partial charge is 0.341 e. The Balaban J connectivity index is 1.88. The first-order valence-corrected chi connectivity index (χ1v) is 9.74. The van der Waals surface area contributed by atoms with Crippen LogP contribution in [0.25, 0.3) is 10.6 Å². The van der Waals surface area contributed by atoms with Crippen LogP contribution >= 0.6 is 22.7 Å². The first-order valence-electron chi connectivity index (χ1n) is 8.04. The first-order chi connectivity index (χ1) is 13.0. The normalized spacial score (nSPS) is 10.5. The van der Waals surface area contributed by atoms with E-state index in [9.17, 15) is 9.59 Å². The number of rotatable bonds is 5. The third-order valence-corrected chi connectivity index (χ3v) is 6.07. The second-order valence-corrected chi connectivity index (χ2v) is 7.75. The number of hydrogen-bond donors (Lipinski definition) is 1. The largest absolute Gasteiger partial charge is 0.496 e. The summed E-state index contributed by atoms with van der Waals surface area (Å²) in [5.41, 5.74) is 2.28. The van der Waals surface area contributed by atoms with Crippen LogP contribution in [-0.2, 0) is 4.74 Å². The summed E-state index contributed by atoms with van der Waals surface area (Å²) >= 11 is 2.69. The number of aromatic nitrogens is 1. The van der Waals surface area contributed by atoms with Crippen LogP contribution in [0.5, 0.6) is 5.75 Å². The van der Waals surface area contributed by atoms with Crippen LogP contribution in [0, 0.1) is 13.8 Å². The fraction of sp³-hybridized carbons (Fsp3) is 0.211. The molecule has 140 valence electrons. The Morgan fingerprint density at radius 1 is 1.15 bits per heavy atom. The SMILES string of the molecule is COC(=O)c1c(NC(=O)c2csc(-c3ccccc3OC)n2)sc(C)c1C. The third-order valence-electron chi connectivity index (χ3n) is 4.08. The van der Waals surface area contributed by atoms with Crippen LogP contribution in [0.15, 0.2) is 29.6 Å². The molecule has 1 amide bonds. The number of para-hydroxylation sites is 1. The molecule has 3 rings (SSSR count). The van der Waals surface area contributed by atoms with Gasteiger partial charge in [-0.1, -0.05) is 12.1 Å². The summed E-state index contributed by atoms with van der Waals surface area (Å²) in [5, 5.41) is 5.62.